The number of rotatable bonds is 6. The van der Waals surface area contributed by atoms with Gasteiger partial charge in [0.25, 0.3) is 0 Å². The summed E-state index contributed by atoms with van der Waals surface area (Å²) < 4.78 is 0. The summed E-state index contributed by atoms with van der Waals surface area (Å²) >= 11 is 0. The van der Waals surface area contributed by atoms with Crippen LogP contribution in [0.5, 0.6) is 0 Å². The number of nitrogens with zero attached hydrogens (tertiary/aromatic N) is 5. The highest BCUT2D eigenvalue weighted by Gasteiger charge is 2.49. The standard InChI is InChI=1S/C19H30N6/c1-20-14-15(17(14)23(2)3)21-12-8-10-13(11-9-12)22-16-18(24(4)5)19(16)25(6)7/h8-11,14,17-20H,1-7H3/b21-15-,22-16?. The molecule has 4 unspecified atom stereocenters. The highest BCUT2D eigenvalue weighted by Crippen LogP contribution is 2.32. The molecular formula is C19H30N6. The molecule has 0 radical (unpaired) electrons. The Hall–Kier alpha value is -1.60. The van der Waals surface area contributed by atoms with Gasteiger partial charge in [0.15, 0.2) is 0 Å². The van der Waals surface area contributed by atoms with E-state index in [2.05, 4.69) is 86.6 Å². The normalized spacial score (nSPS) is 29.8. The second kappa shape index (κ2) is 6.96. The molecule has 2 saturated carbocycles. The smallest absolute Gasteiger partial charge is 0.0705 e. The van der Waals surface area contributed by atoms with Crippen molar-refractivity contribution in [3.05, 3.63) is 24.3 Å². The molecule has 2 aliphatic rings. The number of aliphatic imine (C=N–C) groups is 2. The van der Waals surface area contributed by atoms with E-state index >= 15 is 0 Å². The maximum absolute atomic E-state index is 4.85. The monoisotopic (exact) mass is 342 g/mol. The van der Waals surface area contributed by atoms with Gasteiger partial charge in [-0.3, -0.25) is 24.7 Å². The van der Waals surface area contributed by atoms with Crippen LogP contribution in [0.25, 0.3) is 0 Å². The number of hydrogen-bond acceptors (Lipinski definition) is 6. The number of nitrogens with one attached hydrogen (secondary N) is 1. The predicted molar refractivity (Wildman–Crippen MR) is 106 cm³/mol. The molecule has 1 aromatic rings. The molecule has 6 nitrogen and oxygen atoms in total. The summed E-state index contributed by atoms with van der Waals surface area (Å²) in [6, 6.07) is 9.83. The summed E-state index contributed by atoms with van der Waals surface area (Å²) in [7, 11) is 14.6. The average Bonchev–Trinajstić information content (AvgIpc) is 3.42. The van der Waals surface area contributed by atoms with Crippen LogP contribution in [-0.4, -0.2) is 99.6 Å². The maximum atomic E-state index is 4.85. The van der Waals surface area contributed by atoms with Gasteiger partial charge in [-0.05, 0) is 73.6 Å². The molecule has 25 heavy (non-hydrogen) atoms. The molecule has 0 heterocycles. The predicted octanol–water partition coefficient (Wildman–Crippen LogP) is 1.24. The average molecular weight is 342 g/mol. The van der Waals surface area contributed by atoms with Crippen LogP contribution in [0.15, 0.2) is 34.3 Å². The van der Waals surface area contributed by atoms with Gasteiger partial charge in [-0.2, -0.15) is 0 Å². The molecule has 2 fully saturated rings. The quantitative estimate of drug-likeness (QED) is 0.845. The molecule has 0 saturated heterocycles. The van der Waals surface area contributed by atoms with Crippen molar-refractivity contribution in [1.29, 1.82) is 0 Å². The lowest BCUT2D eigenvalue weighted by Crippen LogP contribution is -2.25. The van der Waals surface area contributed by atoms with Gasteiger partial charge in [0.05, 0.1) is 47.0 Å². The maximum Gasteiger partial charge on any atom is 0.0705 e. The van der Waals surface area contributed by atoms with Gasteiger partial charge in [-0.15, -0.1) is 0 Å². The van der Waals surface area contributed by atoms with Gasteiger partial charge in [-0.25, -0.2) is 0 Å². The Bertz CT molecular complexity index is 658. The Kier molecular flexibility index (Phi) is 5.06. The van der Waals surface area contributed by atoms with E-state index in [-0.39, 0.29) is 0 Å². The van der Waals surface area contributed by atoms with Crippen molar-refractivity contribution < 1.29 is 0 Å². The molecule has 4 atom stereocenters. The first kappa shape index (κ1) is 18.2. The molecule has 2 aliphatic carbocycles. The highest BCUT2D eigenvalue weighted by molar-refractivity contribution is 6.13. The molecule has 0 aromatic heterocycles. The van der Waals surface area contributed by atoms with E-state index in [4.69, 9.17) is 9.98 Å². The zero-order valence-electron chi connectivity index (χ0n) is 16.4. The number of hydrogen-bond donors (Lipinski definition) is 1. The lowest BCUT2D eigenvalue weighted by atomic mass is 10.3. The summed E-state index contributed by atoms with van der Waals surface area (Å²) in [4.78, 5) is 16.3. The van der Waals surface area contributed by atoms with Crippen molar-refractivity contribution >= 4 is 22.8 Å². The Balaban J connectivity index is 1.73. The van der Waals surface area contributed by atoms with Crippen LogP contribution < -0.4 is 5.32 Å². The van der Waals surface area contributed by atoms with Crippen LogP contribution in [0.2, 0.25) is 0 Å². The van der Waals surface area contributed by atoms with Crippen LogP contribution in [0.4, 0.5) is 11.4 Å². The topological polar surface area (TPSA) is 46.5 Å². The van der Waals surface area contributed by atoms with E-state index < -0.39 is 0 Å². The number of benzene rings is 1. The molecule has 0 amide bonds. The highest BCUT2D eigenvalue weighted by atomic mass is 15.3. The van der Waals surface area contributed by atoms with Gasteiger partial charge < -0.3 is 5.32 Å². The summed E-state index contributed by atoms with van der Waals surface area (Å²) in [6.07, 6.45) is 0. The van der Waals surface area contributed by atoms with Crippen LogP contribution in [-0.2, 0) is 0 Å². The van der Waals surface area contributed by atoms with Crippen LogP contribution in [0.3, 0.4) is 0 Å². The minimum atomic E-state index is 0.364. The lowest BCUT2D eigenvalue weighted by Gasteiger charge is -2.10. The van der Waals surface area contributed by atoms with E-state index in [1.165, 1.54) is 11.4 Å². The fourth-order valence-electron chi connectivity index (χ4n) is 3.59. The summed E-state index contributed by atoms with van der Waals surface area (Å²) in [5.74, 6) is 0. The van der Waals surface area contributed by atoms with Gasteiger partial charge in [0.2, 0.25) is 0 Å². The third-order valence-corrected chi connectivity index (χ3v) is 4.97. The Morgan fingerprint density at radius 1 is 0.680 bits per heavy atom. The van der Waals surface area contributed by atoms with Gasteiger partial charge >= 0.3 is 0 Å². The lowest BCUT2D eigenvalue weighted by molar-refractivity contribution is 0.315. The molecule has 1 aromatic carbocycles. The molecule has 136 valence electrons. The first-order chi connectivity index (χ1) is 11.8. The zero-order chi connectivity index (χ0) is 18.3. The van der Waals surface area contributed by atoms with Gasteiger partial charge in [0.1, 0.15) is 0 Å². The minimum Gasteiger partial charge on any atom is -0.310 e. The van der Waals surface area contributed by atoms with E-state index in [0.29, 0.717) is 24.2 Å². The molecular weight excluding hydrogens is 312 g/mol. The molecule has 3 rings (SSSR count). The molecule has 0 aliphatic heterocycles. The van der Waals surface area contributed by atoms with Crippen molar-refractivity contribution in [2.45, 2.75) is 24.2 Å². The Labute approximate surface area is 151 Å². The second-order valence-corrected chi connectivity index (χ2v) is 7.58. The molecule has 0 spiro atoms. The van der Waals surface area contributed by atoms with Crippen molar-refractivity contribution in [1.82, 2.24) is 20.0 Å². The third kappa shape index (κ3) is 3.67. The first-order valence-corrected chi connectivity index (χ1v) is 8.78. The summed E-state index contributed by atoms with van der Waals surface area (Å²) in [6.45, 7) is 0. The van der Waals surface area contributed by atoms with Gasteiger partial charge in [0, 0.05) is 0 Å². The molecule has 6 heteroatoms. The fourth-order valence-corrected chi connectivity index (χ4v) is 3.59. The fraction of sp³-hybridized carbons (Fsp3) is 0.579. The van der Waals surface area contributed by atoms with Crippen LogP contribution >= 0.6 is 0 Å². The van der Waals surface area contributed by atoms with E-state index in [9.17, 15) is 0 Å². The van der Waals surface area contributed by atoms with Crippen LogP contribution in [0, 0.1) is 0 Å². The summed E-state index contributed by atoms with van der Waals surface area (Å²) in [5, 5.41) is 3.31. The Morgan fingerprint density at radius 2 is 1.08 bits per heavy atom. The number of likely N-dealkylation sites (N-methyl/N-ethyl adjacent to an activating group) is 4. The Morgan fingerprint density at radius 3 is 1.40 bits per heavy atom. The van der Waals surface area contributed by atoms with E-state index in [1.54, 1.807) is 0 Å². The second-order valence-electron chi connectivity index (χ2n) is 7.58. The SMILES string of the molecule is CNC1/C(=N/c2ccc(N=C3C(N(C)C)C3N(C)C)cc2)C1N(C)C. The van der Waals surface area contributed by atoms with Crippen molar-refractivity contribution in [2.24, 2.45) is 9.98 Å². The molecule has 1 N–H and O–H groups in total. The summed E-state index contributed by atoms with van der Waals surface area (Å²) in [5.41, 5.74) is 4.43. The third-order valence-electron chi connectivity index (χ3n) is 4.97. The first-order valence-electron chi connectivity index (χ1n) is 8.78. The van der Waals surface area contributed by atoms with Gasteiger partial charge in [-0.1, -0.05) is 0 Å². The van der Waals surface area contributed by atoms with Crippen LogP contribution in [0.1, 0.15) is 0 Å². The minimum absolute atomic E-state index is 0.364. The largest absolute Gasteiger partial charge is 0.310 e. The zero-order valence-corrected chi connectivity index (χ0v) is 16.4. The van der Waals surface area contributed by atoms with Crippen molar-refractivity contribution in [3.63, 3.8) is 0 Å². The van der Waals surface area contributed by atoms with E-state index in [1.807, 2.05) is 7.05 Å². The van der Waals surface area contributed by atoms with Crippen molar-refractivity contribution in [3.8, 4) is 0 Å². The van der Waals surface area contributed by atoms with Crippen molar-refractivity contribution in [2.75, 3.05) is 49.3 Å². The van der Waals surface area contributed by atoms with E-state index in [0.717, 1.165) is 11.4 Å². The molecule has 0 bridgehead atoms.